The van der Waals surface area contributed by atoms with E-state index in [0.717, 1.165) is 4.57 Å². The lowest BCUT2D eigenvalue weighted by Crippen LogP contribution is -2.34. The van der Waals surface area contributed by atoms with Gasteiger partial charge in [0.25, 0.3) is 5.56 Å². The summed E-state index contributed by atoms with van der Waals surface area (Å²) in [5.74, 6) is -8.46. The Morgan fingerprint density at radius 3 is 2.19 bits per heavy atom. The Morgan fingerprint density at radius 1 is 0.917 bits per heavy atom. The molecular formula is C25H18F4N4O3. The molecule has 3 aromatic carbocycles. The molecule has 2 amide bonds. The van der Waals surface area contributed by atoms with Crippen molar-refractivity contribution in [2.24, 2.45) is 0 Å². The Morgan fingerprint density at radius 2 is 1.53 bits per heavy atom. The third-order valence-corrected chi connectivity index (χ3v) is 5.41. The third kappa shape index (κ3) is 4.42. The van der Waals surface area contributed by atoms with Crippen molar-refractivity contribution in [2.45, 2.75) is 19.9 Å². The topological polar surface area (TPSA) is 93.1 Å². The molecule has 1 unspecified atom stereocenters. The van der Waals surface area contributed by atoms with Gasteiger partial charge in [0.05, 0.1) is 16.7 Å². The highest BCUT2D eigenvalue weighted by Gasteiger charge is 2.26. The van der Waals surface area contributed by atoms with E-state index in [4.69, 9.17) is 0 Å². The first-order valence-electron chi connectivity index (χ1n) is 10.6. The molecule has 36 heavy (non-hydrogen) atoms. The standard InChI is InChI=1S/C25H18F4N4O3/c1-12(24(35)32-23-20(28)15(26)11-16(27)21(23)29)33-19-10-6-5-9-18(19)31-22(25(33)36)14-7-3-4-8-17(14)30-13(2)34/h3-12H,1-2H3,(H,30,34)(H,32,35). The zero-order chi connectivity index (χ0) is 26.1. The van der Waals surface area contributed by atoms with E-state index in [9.17, 15) is 31.9 Å². The van der Waals surface area contributed by atoms with E-state index in [-0.39, 0.29) is 28.7 Å². The molecule has 4 aromatic rings. The molecule has 1 atom stereocenters. The summed E-state index contributed by atoms with van der Waals surface area (Å²) in [6.07, 6.45) is 0. The molecule has 0 aliphatic carbocycles. The minimum Gasteiger partial charge on any atom is -0.326 e. The molecule has 11 heteroatoms. The third-order valence-electron chi connectivity index (χ3n) is 5.41. The molecule has 2 N–H and O–H groups in total. The van der Waals surface area contributed by atoms with Gasteiger partial charge < -0.3 is 10.6 Å². The number of para-hydroxylation sites is 3. The van der Waals surface area contributed by atoms with Gasteiger partial charge in [0.2, 0.25) is 11.8 Å². The molecule has 0 fully saturated rings. The number of aromatic nitrogens is 2. The summed E-state index contributed by atoms with van der Waals surface area (Å²) in [6.45, 7) is 2.57. The van der Waals surface area contributed by atoms with Crippen LogP contribution >= 0.6 is 0 Å². The van der Waals surface area contributed by atoms with E-state index in [0.29, 0.717) is 11.2 Å². The van der Waals surface area contributed by atoms with Crippen LogP contribution in [0.15, 0.2) is 59.4 Å². The number of anilines is 2. The maximum absolute atomic E-state index is 14.1. The van der Waals surface area contributed by atoms with Gasteiger partial charge in [-0.05, 0) is 25.1 Å². The molecule has 0 aliphatic heterocycles. The van der Waals surface area contributed by atoms with E-state index in [1.165, 1.54) is 19.9 Å². The predicted molar refractivity (Wildman–Crippen MR) is 125 cm³/mol. The normalized spacial score (nSPS) is 11.8. The second kappa shape index (κ2) is 9.61. The first-order valence-corrected chi connectivity index (χ1v) is 10.6. The summed E-state index contributed by atoms with van der Waals surface area (Å²) in [5.41, 5.74) is -1.07. The van der Waals surface area contributed by atoms with Gasteiger partial charge >= 0.3 is 0 Å². The van der Waals surface area contributed by atoms with Crippen LogP contribution in [0.25, 0.3) is 22.3 Å². The van der Waals surface area contributed by atoms with Gasteiger partial charge in [-0.2, -0.15) is 0 Å². The van der Waals surface area contributed by atoms with Crippen molar-refractivity contribution in [2.75, 3.05) is 10.6 Å². The van der Waals surface area contributed by atoms with Crippen molar-refractivity contribution in [3.8, 4) is 11.3 Å². The van der Waals surface area contributed by atoms with Crippen LogP contribution in [-0.4, -0.2) is 21.4 Å². The summed E-state index contributed by atoms with van der Waals surface area (Å²) in [6, 6.07) is 11.4. The number of halogens is 4. The number of carbonyl (C=O) groups excluding carboxylic acids is 2. The molecule has 7 nitrogen and oxygen atoms in total. The number of fused-ring (bicyclic) bond motifs is 1. The highest BCUT2D eigenvalue weighted by atomic mass is 19.2. The van der Waals surface area contributed by atoms with Crippen molar-refractivity contribution < 1.29 is 27.2 Å². The lowest BCUT2D eigenvalue weighted by Gasteiger charge is -2.20. The number of rotatable bonds is 5. The molecule has 0 bridgehead atoms. The summed E-state index contributed by atoms with van der Waals surface area (Å²) in [5, 5.41) is 4.45. The fraction of sp³-hybridized carbons (Fsp3) is 0.120. The Labute approximate surface area is 201 Å². The summed E-state index contributed by atoms with van der Waals surface area (Å²) in [7, 11) is 0. The van der Waals surface area contributed by atoms with Gasteiger partial charge in [0.1, 0.15) is 17.4 Å². The number of nitrogens with zero attached hydrogens (tertiary/aromatic N) is 2. The number of hydrogen-bond donors (Lipinski definition) is 2. The number of amides is 2. The van der Waals surface area contributed by atoms with Crippen LogP contribution in [0.4, 0.5) is 28.9 Å². The van der Waals surface area contributed by atoms with Crippen LogP contribution in [0.3, 0.4) is 0 Å². The molecular weight excluding hydrogens is 480 g/mol. The zero-order valence-corrected chi connectivity index (χ0v) is 18.9. The van der Waals surface area contributed by atoms with Crippen molar-refractivity contribution in [3.05, 3.63) is 88.2 Å². The summed E-state index contributed by atoms with van der Waals surface area (Å²) in [4.78, 5) is 42.6. The van der Waals surface area contributed by atoms with Gasteiger partial charge in [0.15, 0.2) is 23.3 Å². The lowest BCUT2D eigenvalue weighted by molar-refractivity contribution is -0.119. The second-order valence-electron chi connectivity index (χ2n) is 7.86. The maximum atomic E-state index is 14.1. The smallest absolute Gasteiger partial charge is 0.278 e. The number of benzene rings is 3. The fourth-order valence-electron chi connectivity index (χ4n) is 3.73. The Hall–Kier alpha value is -4.54. The lowest BCUT2D eigenvalue weighted by atomic mass is 10.1. The van der Waals surface area contributed by atoms with Gasteiger partial charge in [-0.25, -0.2) is 22.5 Å². The van der Waals surface area contributed by atoms with Crippen LogP contribution in [0.2, 0.25) is 0 Å². The largest absolute Gasteiger partial charge is 0.326 e. The van der Waals surface area contributed by atoms with Gasteiger partial charge in [-0.1, -0.05) is 30.3 Å². The molecule has 0 spiro atoms. The number of hydrogen-bond acceptors (Lipinski definition) is 4. The summed E-state index contributed by atoms with van der Waals surface area (Å²) < 4.78 is 56.5. The van der Waals surface area contributed by atoms with Crippen LogP contribution in [0, 0.1) is 23.3 Å². The SMILES string of the molecule is CC(=O)Nc1ccccc1-c1nc2ccccc2n(C(C)C(=O)Nc2c(F)c(F)cc(F)c2F)c1=O. The highest BCUT2D eigenvalue weighted by molar-refractivity contribution is 5.96. The molecule has 1 aromatic heterocycles. The van der Waals surface area contributed by atoms with Crippen molar-refractivity contribution in [1.82, 2.24) is 9.55 Å². The predicted octanol–water partition coefficient (Wildman–Crippen LogP) is 4.78. The Balaban J connectivity index is 1.87. The van der Waals surface area contributed by atoms with Crippen molar-refractivity contribution in [1.29, 1.82) is 0 Å². The molecule has 0 aliphatic rings. The van der Waals surface area contributed by atoms with Gasteiger partial charge in [0, 0.05) is 18.6 Å². The molecule has 0 radical (unpaired) electrons. The quantitative estimate of drug-likeness (QED) is 0.306. The van der Waals surface area contributed by atoms with E-state index >= 15 is 0 Å². The van der Waals surface area contributed by atoms with E-state index in [2.05, 4.69) is 10.3 Å². The van der Waals surface area contributed by atoms with Crippen LogP contribution in [0.1, 0.15) is 19.9 Å². The number of nitrogens with one attached hydrogen (secondary N) is 2. The maximum Gasteiger partial charge on any atom is 0.278 e. The van der Waals surface area contributed by atoms with E-state index in [1.807, 2.05) is 5.32 Å². The van der Waals surface area contributed by atoms with Crippen LogP contribution in [0.5, 0.6) is 0 Å². The molecule has 0 saturated heterocycles. The summed E-state index contributed by atoms with van der Waals surface area (Å²) >= 11 is 0. The first-order chi connectivity index (χ1) is 17.1. The van der Waals surface area contributed by atoms with Crippen molar-refractivity contribution >= 4 is 34.2 Å². The minimum absolute atomic E-state index is 0.0173. The molecule has 4 rings (SSSR count). The Kier molecular flexibility index (Phi) is 6.56. The molecule has 1 heterocycles. The van der Waals surface area contributed by atoms with Crippen LogP contribution in [-0.2, 0) is 9.59 Å². The van der Waals surface area contributed by atoms with Crippen LogP contribution < -0.4 is 16.2 Å². The first kappa shape index (κ1) is 24.6. The minimum atomic E-state index is -1.79. The highest BCUT2D eigenvalue weighted by Crippen LogP contribution is 2.28. The fourth-order valence-corrected chi connectivity index (χ4v) is 3.73. The molecule has 0 saturated carbocycles. The van der Waals surface area contributed by atoms with Gasteiger partial charge in [-0.3, -0.25) is 19.0 Å². The average Bonchev–Trinajstić information content (AvgIpc) is 2.84. The zero-order valence-electron chi connectivity index (χ0n) is 18.9. The van der Waals surface area contributed by atoms with Gasteiger partial charge in [-0.15, -0.1) is 0 Å². The van der Waals surface area contributed by atoms with E-state index in [1.54, 1.807) is 42.5 Å². The second-order valence-corrected chi connectivity index (χ2v) is 7.86. The number of carbonyl (C=O) groups is 2. The van der Waals surface area contributed by atoms with E-state index < -0.39 is 46.5 Å². The van der Waals surface area contributed by atoms with Crippen molar-refractivity contribution in [3.63, 3.8) is 0 Å². The molecule has 184 valence electrons. The average molecular weight is 498 g/mol. The Bertz CT molecular complexity index is 1560. The monoisotopic (exact) mass is 498 g/mol.